The number of pyridine rings is 1. The first-order valence-corrected chi connectivity index (χ1v) is 14.2. The van der Waals surface area contributed by atoms with Crippen molar-refractivity contribution in [2.24, 2.45) is 0 Å². The fourth-order valence-electron chi connectivity index (χ4n) is 6.54. The van der Waals surface area contributed by atoms with Crippen molar-refractivity contribution in [3.63, 3.8) is 0 Å². The van der Waals surface area contributed by atoms with E-state index in [0.29, 0.717) is 11.3 Å². The van der Waals surface area contributed by atoms with E-state index in [0.717, 1.165) is 17.3 Å². The van der Waals surface area contributed by atoms with Gasteiger partial charge in [0.15, 0.2) is 34.6 Å². The minimum absolute atomic E-state index is 0.0670. The topological polar surface area (TPSA) is 112 Å². The quantitative estimate of drug-likeness (QED) is 0.300. The van der Waals surface area contributed by atoms with Crippen LogP contribution in [-0.2, 0) is 11.3 Å². The first-order valence-electron chi connectivity index (χ1n) is 14.2. The van der Waals surface area contributed by atoms with Crippen molar-refractivity contribution >= 4 is 5.91 Å². The number of para-hydroxylation sites is 1. The van der Waals surface area contributed by atoms with Gasteiger partial charge in [-0.1, -0.05) is 24.3 Å². The Morgan fingerprint density at radius 1 is 0.956 bits per heavy atom. The second-order valence-corrected chi connectivity index (χ2v) is 10.9. The third-order valence-electron chi connectivity index (χ3n) is 8.52. The molecule has 6 heterocycles. The molecule has 1 saturated heterocycles. The molecule has 11 nitrogen and oxygen atoms in total. The number of ether oxygens (including phenoxy) is 2. The van der Waals surface area contributed by atoms with Crippen LogP contribution >= 0.6 is 0 Å². The van der Waals surface area contributed by atoms with E-state index >= 15 is 4.39 Å². The van der Waals surface area contributed by atoms with Crippen LogP contribution in [0.1, 0.15) is 39.2 Å². The molecule has 0 radical (unpaired) electrons. The van der Waals surface area contributed by atoms with E-state index in [9.17, 15) is 18.8 Å². The van der Waals surface area contributed by atoms with E-state index < -0.39 is 41.0 Å². The van der Waals surface area contributed by atoms with Crippen LogP contribution in [0.2, 0.25) is 0 Å². The Labute approximate surface area is 253 Å². The smallest absolute Gasteiger partial charge is 0.479 e. The lowest BCUT2D eigenvalue weighted by atomic mass is 9.91. The van der Waals surface area contributed by atoms with Crippen LogP contribution in [0.25, 0.3) is 16.9 Å². The molecule has 1 unspecified atom stereocenters. The summed E-state index contributed by atoms with van der Waals surface area (Å²) in [4.78, 5) is 40.6. The second-order valence-electron chi connectivity index (χ2n) is 10.9. The Morgan fingerprint density at radius 2 is 1.80 bits per heavy atom. The number of carbonyl (C=O) groups excluding carboxylic acids is 1. The molecule has 0 aliphatic carbocycles. The maximum Gasteiger partial charge on any atom is 0.519 e. The van der Waals surface area contributed by atoms with E-state index in [-0.39, 0.29) is 54.9 Å². The molecule has 3 aromatic heterocycles. The summed E-state index contributed by atoms with van der Waals surface area (Å²) >= 11 is 0. The van der Waals surface area contributed by atoms with Gasteiger partial charge in [-0.2, -0.15) is 0 Å². The summed E-state index contributed by atoms with van der Waals surface area (Å²) in [6.45, 7) is 1.74. The number of hydrogen-bond donors (Lipinski definition) is 0. The lowest BCUT2D eigenvalue weighted by Gasteiger charge is -2.51. The maximum atomic E-state index is 15.9. The number of halogens is 2. The van der Waals surface area contributed by atoms with Crippen LogP contribution in [0.4, 0.5) is 8.78 Å². The zero-order valence-corrected chi connectivity index (χ0v) is 23.7. The Bertz CT molecular complexity index is 2130. The fourth-order valence-corrected chi connectivity index (χ4v) is 6.54. The molecule has 3 aliphatic heterocycles. The monoisotopic (exact) mass is 614 g/mol. The maximum absolute atomic E-state index is 15.9. The highest BCUT2D eigenvalue weighted by molar-refractivity contribution is 5.97. The summed E-state index contributed by atoms with van der Waals surface area (Å²) in [6.07, 6.45) is 2.55. The van der Waals surface area contributed by atoms with Crippen molar-refractivity contribution in [1.82, 2.24) is 14.1 Å². The molecular weight excluding hydrogens is 590 g/mol. The van der Waals surface area contributed by atoms with Crippen molar-refractivity contribution in [3.8, 4) is 22.7 Å². The first-order chi connectivity index (χ1) is 21.8. The number of fused-ring (bicyclic) bond motifs is 7. The molecule has 228 valence electrons. The molecular formula is C32H24F2N4O7. The fraction of sp³-hybridized carbons (Fsp3) is 0.219. The number of nitrogens with zero attached hydrogens (tertiary/aromatic N) is 4. The number of hydrogen-bond acceptors (Lipinski definition) is 8. The predicted molar refractivity (Wildman–Crippen MR) is 154 cm³/mol. The van der Waals surface area contributed by atoms with Crippen molar-refractivity contribution < 1.29 is 31.9 Å². The summed E-state index contributed by atoms with van der Waals surface area (Å²) in [5, 5.41) is 1.84. The van der Waals surface area contributed by atoms with E-state index in [4.69, 9.17) is 18.3 Å². The van der Waals surface area contributed by atoms with Crippen LogP contribution < -0.4 is 21.0 Å². The number of rotatable bonds is 4. The van der Waals surface area contributed by atoms with Crippen molar-refractivity contribution in [2.45, 2.75) is 25.7 Å². The molecule has 0 spiro atoms. The SMILES string of the molecule is Cc1oc(=O)oc1COc1c2n(ccc1=O)N(C1c3ccccc3-n3cccc3-c3c1ccc(F)c3F)[C@@H]1COCCN1C2=O. The highest BCUT2D eigenvalue weighted by Crippen LogP contribution is 2.46. The van der Waals surface area contributed by atoms with E-state index in [1.165, 1.54) is 23.9 Å². The third-order valence-corrected chi connectivity index (χ3v) is 8.52. The number of carbonyl (C=O) groups is 1. The molecule has 0 N–H and O–H groups in total. The highest BCUT2D eigenvalue weighted by atomic mass is 19.2. The lowest BCUT2D eigenvalue weighted by molar-refractivity contribution is -0.0198. The van der Waals surface area contributed by atoms with Crippen LogP contribution in [0.3, 0.4) is 0 Å². The van der Waals surface area contributed by atoms with E-state index in [1.54, 1.807) is 29.3 Å². The Hall–Kier alpha value is -5.43. The zero-order chi connectivity index (χ0) is 31.0. The van der Waals surface area contributed by atoms with Crippen molar-refractivity contribution in [3.05, 3.63) is 128 Å². The van der Waals surface area contributed by atoms with Crippen LogP contribution in [0.15, 0.2) is 85.4 Å². The lowest BCUT2D eigenvalue weighted by Crippen LogP contribution is -2.66. The van der Waals surface area contributed by atoms with Gasteiger partial charge in [0.25, 0.3) is 5.91 Å². The van der Waals surface area contributed by atoms with Gasteiger partial charge in [-0.05, 0) is 36.8 Å². The molecule has 1 amide bonds. The molecule has 1 fully saturated rings. The number of aromatic nitrogens is 2. The summed E-state index contributed by atoms with van der Waals surface area (Å²) in [6, 6.07) is 14.1. The molecule has 0 bridgehead atoms. The predicted octanol–water partition coefficient (Wildman–Crippen LogP) is 3.87. The van der Waals surface area contributed by atoms with Gasteiger partial charge in [-0.25, -0.2) is 13.6 Å². The van der Waals surface area contributed by atoms with Crippen molar-refractivity contribution in [2.75, 3.05) is 24.8 Å². The Balaban J connectivity index is 1.38. The normalized spacial score (nSPS) is 18.4. The van der Waals surface area contributed by atoms with Gasteiger partial charge in [-0.3, -0.25) is 19.3 Å². The standard InChI is InChI=1S/C32H24F2N4O7/c1-17-24(45-32(41)44-17)15-43-30-23(39)10-12-37-29(30)31(40)36-13-14-42-16-25(36)38(37)28-18-5-2-3-6-21(18)35-11-4-7-22(35)26-19(28)8-9-20(33)27(26)34/h2-12,25,28H,13-16H2,1H3/t25-,28?/m1/s1. The van der Waals surface area contributed by atoms with Gasteiger partial charge in [-0.15, -0.1) is 0 Å². The highest BCUT2D eigenvalue weighted by Gasteiger charge is 2.47. The van der Waals surface area contributed by atoms with Crippen molar-refractivity contribution in [1.29, 1.82) is 0 Å². The summed E-state index contributed by atoms with van der Waals surface area (Å²) < 4.78 is 55.8. The first kappa shape index (κ1) is 27.1. The van der Waals surface area contributed by atoms with E-state index in [2.05, 4.69) is 0 Å². The van der Waals surface area contributed by atoms with Crippen LogP contribution in [0, 0.1) is 18.6 Å². The molecule has 5 aromatic rings. The minimum Gasteiger partial charge on any atom is -0.479 e. The number of morpholine rings is 1. The summed E-state index contributed by atoms with van der Waals surface area (Å²) in [5.41, 5.74) is 1.80. The van der Waals surface area contributed by atoms with Crippen LogP contribution in [-0.4, -0.2) is 46.0 Å². The molecule has 2 aromatic carbocycles. The van der Waals surface area contributed by atoms with Gasteiger partial charge in [0.2, 0.25) is 5.43 Å². The number of amides is 1. The van der Waals surface area contributed by atoms with Gasteiger partial charge >= 0.3 is 5.82 Å². The Morgan fingerprint density at radius 3 is 2.62 bits per heavy atom. The zero-order valence-electron chi connectivity index (χ0n) is 23.7. The largest absolute Gasteiger partial charge is 0.519 e. The number of aryl methyl sites for hydroxylation is 1. The average Bonchev–Trinajstić information content (AvgIpc) is 3.62. The van der Waals surface area contributed by atoms with Crippen LogP contribution in [0.5, 0.6) is 5.75 Å². The summed E-state index contributed by atoms with van der Waals surface area (Å²) in [7, 11) is 0. The molecule has 3 aliphatic rings. The number of benzene rings is 2. The van der Waals surface area contributed by atoms with Gasteiger partial charge < -0.3 is 27.8 Å². The minimum atomic E-state index is -1.00. The van der Waals surface area contributed by atoms with Gasteiger partial charge in [0, 0.05) is 36.1 Å². The molecule has 2 atom stereocenters. The average molecular weight is 615 g/mol. The Kier molecular flexibility index (Phi) is 6.07. The van der Waals surface area contributed by atoms with Gasteiger partial charge in [0.05, 0.1) is 24.6 Å². The third kappa shape index (κ3) is 4.00. The molecule has 13 heteroatoms. The summed E-state index contributed by atoms with van der Waals surface area (Å²) in [5.74, 6) is -3.42. The molecule has 45 heavy (non-hydrogen) atoms. The molecule has 8 rings (SSSR count). The second kappa shape index (κ2) is 10.1. The van der Waals surface area contributed by atoms with Gasteiger partial charge in [0.1, 0.15) is 18.8 Å². The molecule has 0 saturated carbocycles. The van der Waals surface area contributed by atoms with E-state index in [1.807, 2.05) is 33.8 Å².